The first kappa shape index (κ1) is 31.3. The second-order valence-corrected chi connectivity index (χ2v) is 12.7. The van der Waals surface area contributed by atoms with Crippen LogP contribution in [0.5, 0.6) is 0 Å². The molecule has 2 aliphatic rings. The lowest BCUT2D eigenvalue weighted by Gasteiger charge is -2.42. The summed E-state index contributed by atoms with van der Waals surface area (Å²) in [5.74, 6) is -0.806. The van der Waals surface area contributed by atoms with Gasteiger partial charge in [0.2, 0.25) is 0 Å². The Labute approximate surface area is 257 Å². The quantitative estimate of drug-likeness (QED) is 0.346. The minimum absolute atomic E-state index is 0.173. The summed E-state index contributed by atoms with van der Waals surface area (Å²) in [5.41, 5.74) is -2.66. The lowest BCUT2D eigenvalue weighted by Crippen LogP contribution is -2.57. The normalized spacial score (nSPS) is 18.4. The Balaban J connectivity index is 1.15. The number of alkyl halides is 3. The van der Waals surface area contributed by atoms with Gasteiger partial charge in [-0.1, -0.05) is 41.9 Å². The van der Waals surface area contributed by atoms with Gasteiger partial charge in [-0.3, -0.25) is 9.59 Å². The van der Waals surface area contributed by atoms with E-state index in [1.54, 1.807) is 24.2 Å². The van der Waals surface area contributed by atoms with E-state index in [1.807, 2.05) is 17.5 Å². The van der Waals surface area contributed by atoms with Gasteiger partial charge in [-0.15, -0.1) is 11.3 Å². The van der Waals surface area contributed by atoms with Crippen molar-refractivity contribution in [2.24, 2.45) is 11.8 Å². The maximum absolute atomic E-state index is 14.0. The highest BCUT2D eigenvalue weighted by Gasteiger charge is 2.62. The Morgan fingerprint density at radius 1 is 1.02 bits per heavy atom. The zero-order valence-corrected chi connectivity index (χ0v) is 25.3. The summed E-state index contributed by atoms with van der Waals surface area (Å²) >= 11 is 8.04. The van der Waals surface area contributed by atoms with Crippen LogP contribution < -0.4 is 4.90 Å². The maximum atomic E-state index is 14.0. The largest absolute Gasteiger partial charge is 0.430 e. The van der Waals surface area contributed by atoms with E-state index in [1.165, 1.54) is 29.5 Å². The number of rotatable bonds is 7. The highest BCUT2D eigenvalue weighted by atomic mass is 35.5. The van der Waals surface area contributed by atoms with E-state index < -0.39 is 23.2 Å². The summed E-state index contributed by atoms with van der Waals surface area (Å²) in [6.07, 6.45) is -0.431. The molecule has 1 aromatic heterocycles. The maximum Gasteiger partial charge on any atom is 0.430 e. The number of benzene rings is 2. The zero-order valence-electron chi connectivity index (χ0n) is 23.8. The van der Waals surface area contributed by atoms with Gasteiger partial charge in [0.1, 0.15) is 5.01 Å². The summed E-state index contributed by atoms with van der Waals surface area (Å²) < 4.78 is 42.0. The molecule has 3 heterocycles. The summed E-state index contributed by atoms with van der Waals surface area (Å²) in [6.45, 7) is 2.35. The molecule has 43 heavy (non-hydrogen) atoms. The fraction of sp³-hybridized carbons (Fsp3) is 0.452. The fourth-order valence-corrected chi connectivity index (χ4v) is 7.13. The molecule has 2 aliphatic heterocycles. The van der Waals surface area contributed by atoms with E-state index >= 15 is 0 Å². The third-order valence-corrected chi connectivity index (χ3v) is 9.77. The van der Waals surface area contributed by atoms with Gasteiger partial charge in [0.25, 0.3) is 17.4 Å². The third-order valence-electron chi connectivity index (χ3n) is 8.70. The number of anilines is 1. The van der Waals surface area contributed by atoms with E-state index in [0.717, 1.165) is 53.7 Å². The van der Waals surface area contributed by atoms with Crippen LogP contribution in [0.4, 0.5) is 18.9 Å². The number of hydrogen-bond donors (Lipinski definition) is 1. The molecule has 2 fully saturated rings. The Kier molecular flexibility index (Phi) is 9.34. The molecular formula is C31H34ClF3N4O3S. The van der Waals surface area contributed by atoms with Gasteiger partial charge in [-0.25, -0.2) is 4.98 Å². The van der Waals surface area contributed by atoms with Crippen molar-refractivity contribution >= 4 is 40.4 Å². The Morgan fingerprint density at radius 2 is 1.65 bits per heavy atom. The van der Waals surface area contributed by atoms with Crippen LogP contribution in [0.3, 0.4) is 0 Å². The third kappa shape index (κ3) is 6.53. The van der Waals surface area contributed by atoms with Crippen LogP contribution in [0, 0.1) is 11.8 Å². The Bertz CT molecular complexity index is 1410. The predicted molar refractivity (Wildman–Crippen MR) is 160 cm³/mol. The molecule has 0 bridgehead atoms. The summed E-state index contributed by atoms with van der Waals surface area (Å²) in [7, 11) is 1.72. The smallest absolute Gasteiger partial charge is 0.371 e. The van der Waals surface area contributed by atoms with Crippen LogP contribution in [-0.4, -0.2) is 71.1 Å². The van der Waals surface area contributed by atoms with Gasteiger partial charge in [0.05, 0.1) is 17.1 Å². The number of thiazole rings is 1. The van der Waals surface area contributed by atoms with Crippen LogP contribution in [0.15, 0.2) is 60.1 Å². The number of aromatic nitrogens is 1. The molecule has 0 saturated carbocycles. The average molecular weight is 635 g/mol. The van der Waals surface area contributed by atoms with Crippen LogP contribution >= 0.6 is 22.9 Å². The molecule has 2 amide bonds. The molecule has 5 rings (SSSR count). The van der Waals surface area contributed by atoms with E-state index in [-0.39, 0.29) is 19.0 Å². The monoisotopic (exact) mass is 634 g/mol. The molecule has 230 valence electrons. The Hall–Kier alpha value is -3.15. The summed E-state index contributed by atoms with van der Waals surface area (Å²) in [6, 6.07) is 12.1. The van der Waals surface area contributed by atoms with Crippen molar-refractivity contribution in [2.45, 2.75) is 44.0 Å². The number of hydrogen-bond acceptors (Lipinski definition) is 6. The number of likely N-dealkylation sites (tertiary alicyclic amines) is 1. The molecule has 0 radical (unpaired) electrons. The second kappa shape index (κ2) is 12.8. The molecule has 1 atom stereocenters. The number of carbonyl (C=O) groups excluding carboxylic acids is 2. The van der Waals surface area contributed by atoms with Crippen LogP contribution in [0.25, 0.3) is 0 Å². The van der Waals surface area contributed by atoms with Gasteiger partial charge < -0.3 is 19.8 Å². The van der Waals surface area contributed by atoms with Gasteiger partial charge in [-0.2, -0.15) is 13.2 Å². The second-order valence-electron chi connectivity index (χ2n) is 11.3. The van der Waals surface area contributed by atoms with Crippen molar-refractivity contribution in [3.63, 3.8) is 0 Å². The van der Waals surface area contributed by atoms with Crippen molar-refractivity contribution < 1.29 is 27.9 Å². The SMILES string of the molecule is CN(Cc1nccs1)C(=O)c1ccc(N2CCC(C3CCN(C(=O)[C@](O)(c4ccccc4)C(F)(F)F)CC3)CC2)cc1Cl. The molecule has 0 spiro atoms. The highest BCUT2D eigenvalue weighted by Crippen LogP contribution is 2.42. The van der Waals surface area contributed by atoms with E-state index in [2.05, 4.69) is 9.88 Å². The average Bonchev–Trinajstić information content (AvgIpc) is 3.53. The zero-order chi connectivity index (χ0) is 30.8. The van der Waals surface area contributed by atoms with Crippen LogP contribution in [0.1, 0.15) is 46.6 Å². The molecule has 12 heteroatoms. The van der Waals surface area contributed by atoms with Crippen molar-refractivity contribution in [1.29, 1.82) is 0 Å². The molecule has 2 aromatic carbocycles. The molecular weight excluding hydrogens is 601 g/mol. The summed E-state index contributed by atoms with van der Waals surface area (Å²) in [4.78, 5) is 35.2. The number of halogens is 4. The molecule has 0 unspecified atom stereocenters. The lowest BCUT2D eigenvalue weighted by molar-refractivity contribution is -0.262. The fourth-order valence-electron chi connectivity index (χ4n) is 6.21. The molecule has 2 saturated heterocycles. The van der Waals surface area contributed by atoms with Crippen LogP contribution in [0.2, 0.25) is 5.02 Å². The predicted octanol–water partition coefficient (Wildman–Crippen LogP) is 5.97. The van der Waals surface area contributed by atoms with E-state index in [0.29, 0.717) is 41.8 Å². The first-order chi connectivity index (χ1) is 20.5. The van der Waals surface area contributed by atoms with Gasteiger partial charge in [0, 0.05) is 56.1 Å². The number of aliphatic hydroxyl groups is 1. The number of carbonyl (C=O) groups is 2. The Morgan fingerprint density at radius 3 is 2.21 bits per heavy atom. The first-order valence-electron chi connectivity index (χ1n) is 14.3. The van der Waals surface area contributed by atoms with Crippen molar-refractivity contribution in [3.05, 3.63) is 81.3 Å². The summed E-state index contributed by atoms with van der Waals surface area (Å²) in [5, 5.41) is 13.8. The first-order valence-corrected chi connectivity index (χ1v) is 15.6. The van der Waals surface area contributed by atoms with Crippen molar-refractivity contribution in [2.75, 3.05) is 38.1 Å². The van der Waals surface area contributed by atoms with E-state index in [4.69, 9.17) is 11.6 Å². The van der Waals surface area contributed by atoms with Crippen LogP contribution in [-0.2, 0) is 16.9 Å². The van der Waals surface area contributed by atoms with Gasteiger partial charge >= 0.3 is 6.18 Å². The highest BCUT2D eigenvalue weighted by molar-refractivity contribution is 7.09. The number of amides is 2. The molecule has 0 aliphatic carbocycles. The van der Waals surface area contributed by atoms with E-state index in [9.17, 15) is 27.9 Å². The molecule has 7 nitrogen and oxygen atoms in total. The lowest BCUT2D eigenvalue weighted by atomic mass is 9.78. The minimum Gasteiger partial charge on any atom is -0.371 e. The van der Waals surface area contributed by atoms with Gasteiger partial charge in [0.15, 0.2) is 0 Å². The van der Waals surface area contributed by atoms with Crippen molar-refractivity contribution in [3.8, 4) is 0 Å². The minimum atomic E-state index is -5.14. The topological polar surface area (TPSA) is 77.0 Å². The van der Waals surface area contributed by atoms with Gasteiger partial charge in [-0.05, 0) is 55.7 Å². The number of piperidine rings is 2. The number of nitrogens with zero attached hydrogens (tertiary/aromatic N) is 4. The standard InChI is InChI=1S/C31H34ClF3N4O3S/c1-37(20-27-36-13-18-43-27)28(40)25-8-7-24(19-26(25)32)38-14-9-21(10-15-38)22-11-16-39(17-12-22)29(41)30(42,31(33,34)35)23-5-3-2-4-6-23/h2-8,13,18-19,21-22,42H,9-12,14-17,20H2,1H3/t30-/m1/s1. The van der Waals surface area contributed by atoms with Crippen molar-refractivity contribution in [1.82, 2.24) is 14.8 Å². The molecule has 3 aromatic rings. The molecule has 1 N–H and O–H groups in total.